The summed E-state index contributed by atoms with van der Waals surface area (Å²) in [5.74, 6) is 0.560. The number of benzene rings is 2. The highest BCUT2D eigenvalue weighted by Gasteiger charge is 2.29. The summed E-state index contributed by atoms with van der Waals surface area (Å²) in [5.41, 5.74) is 2.25. The number of rotatable bonds is 7. The van der Waals surface area contributed by atoms with Crippen molar-refractivity contribution in [2.24, 2.45) is 5.92 Å². The molecule has 1 fully saturated rings. The van der Waals surface area contributed by atoms with Crippen LogP contribution in [0.2, 0.25) is 0 Å². The Balaban J connectivity index is 1.67. The molecule has 0 radical (unpaired) electrons. The van der Waals surface area contributed by atoms with Crippen molar-refractivity contribution < 1.29 is 13.2 Å². The van der Waals surface area contributed by atoms with Gasteiger partial charge in [-0.25, -0.2) is 8.42 Å². The fourth-order valence-electron chi connectivity index (χ4n) is 2.64. The Labute approximate surface area is 154 Å². The Hall–Kier alpha value is -2.34. The molecule has 0 heterocycles. The van der Waals surface area contributed by atoms with Crippen molar-refractivity contribution in [2.75, 3.05) is 10.0 Å². The molecule has 1 aliphatic carbocycles. The van der Waals surface area contributed by atoms with Crippen LogP contribution in [0.1, 0.15) is 44.6 Å². The summed E-state index contributed by atoms with van der Waals surface area (Å²) in [4.78, 5) is 12.0. The van der Waals surface area contributed by atoms with Crippen LogP contribution in [0, 0.1) is 5.92 Å². The Morgan fingerprint density at radius 2 is 1.62 bits per heavy atom. The summed E-state index contributed by atoms with van der Waals surface area (Å²) in [6, 6.07) is 13.7. The van der Waals surface area contributed by atoms with Crippen LogP contribution in [0.3, 0.4) is 0 Å². The highest BCUT2D eigenvalue weighted by molar-refractivity contribution is 7.92. The third kappa shape index (κ3) is 4.43. The molecule has 0 unspecified atom stereocenters. The predicted octanol–water partition coefficient (Wildman–Crippen LogP) is 4.35. The maximum Gasteiger partial charge on any atom is 0.261 e. The minimum absolute atomic E-state index is 0.0275. The fourth-order valence-corrected chi connectivity index (χ4v) is 3.70. The number of carbonyl (C=O) groups is 1. The summed E-state index contributed by atoms with van der Waals surface area (Å²) in [5, 5.41) is 2.83. The number of hydrogen-bond acceptors (Lipinski definition) is 3. The molecule has 0 spiro atoms. The smallest absolute Gasteiger partial charge is 0.261 e. The van der Waals surface area contributed by atoms with Crippen LogP contribution in [0.25, 0.3) is 0 Å². The van der Waals surface area contributed by atoms with Crippen LogP contribution in [0.15, 0.2) is 53.4 Å². The molecule has 2 aromatic carbocycles. The van der Waals surface area contributed by atoms with E-state index in [-0.39, 0.29) is 16.7 Å². The molecule has 2 aromatic rings. The van der Waals surface area contributed by atoms with Crippen molar-refractivity contribution in [3.63, 3.8) is 0 Å². The van der Waals surface area contributed by atoms with Crippen LogP contribution in [0.4, 0.5) is 11.4 Å². The highest BCUT2D eigenvalue weighted by atomic mass is 32.2. The van der Waals surface area contributed by atoms with Crippen LogP contribution >= 0.6 is 0 Å². The van der Waals surface area contributed by atoms with Gasteiger partial charge in [0.25, 0.3) is 10.0 Å². The Morgan fingerprint density at radius 1 is 1.04 bits per heavy atom. The second-order valence-corrected chi connectivity index (χ2v) is 8.51. The molecule has 3 rings (SSSR count). The van der Waals surface area contributed by atoms with Gasteiger partial charge >= 0.3 is 0 Å². The highest BCUT2D eigenvalue weighted by Crippen LogP contribution is 2.30. The Morgan fingerprint density at radius 3 is 2.15 bits per heavy atom. The Bertz CT molecular complexity index is 870. The number of nitrogens with one attached hydrogen (secondary N) is 2. The van der Waals surface area contributed by atoms with Gasteiger partial charge in [-0.3, -0.25) is 9.52 Å². The van der Waals surface area contributed by atoms with E-state index in [1.807, 2.05) is 12.1 Å². The lowest BCUT2D eigenvalue weighted by atomic mass is 9.99. The van der Waals surface area contributed by atoms with E-state index in [4.69, 9.17) is 0 Å². The van der Waals surface area contributed by atoms with Gasteiger partial charge in [0.05, 0.1) is 4.90 Å². The molecule has 26 heavy (non-hydrogen) atoms. The third-order valence-electron chi connectivity index (χ3n) is 4.72. The SMILES string of the molecule is CC[C@H](C)c1ccc(S(=O)(=O)Nc2ccc(NC(=O)C3CC3)cc2)cc1. The van der Waals surface area contributed by atoms with Gasteiger partial charge in [0, 0.05) is 17.3 Å². The summed E-state index contributed by atoms with van der Waals surface area (Å²) in [6.45, 7) is 4.22. The molecule has 1 aliphatic rings. The van der Waals surface area contributed by atoms with Crippen molar-refractivity contribution in [1.82, 2.24) is 0 Å². The Kier molecular flexibility index (Phi) is 5.32. The molecule has 6 heteroatoms. The van der Waals surface area contributed by atoms with E-state index >= 15 is 0 Å². The number of hydrogen-bond donors (Lipinski definition) is 2. The zero-order valence-electron chi connectivity index (χ0n) is 15.0. The number of anilines is 2. The first-order valence-corrected chi connectivity index (χ1v) is 10.4. The molecule has 1 saturated carbocycles. The molecule has 1 amide bonds. The lowest BCUT2D eigenvalue weighted by Gasteiger charge is -2.12. The van der Waals surface area contributed by atoms with Crippen LogP contribution in [0.5, 0.6) is 0 Å². The monoisotopic (exact) mass is 372 g/mol. The number of amides is 1. The van der Waals surface area contributed by atoms with Crippen molar-refractivity contribution in [3.05, 3.63) is 54.1 Å². The average Bonchev–Trinajstić information content (AvgIpc) is 3.48. The molecule has 0 bridgehead atoms. The van der Waals surface area contributed by atoms with Crippen molar-refractivity contribution in [1.29, 1.82) is 0 Å². The minimum atomic E-state index is -3.64. The largest absolute Gasteiger partial charge is 0.326 e. The lowest BCUT2D eigenvalue weighted by Crippen LogP contribution is -2.14. The zero-order valence-corrected chi connectivity index (χ0v) is 15.8. The van der Waals surface area contributed by atoms with Gasteiger partial charge in [0.2, 0.25) is 5.91 Å². The van der Waals surface area contributed by atoms with Crippen LogP contribution < -0.4 is 10.0 Å². The van der Waals surface area contributed by atoms with Crippen molar-refractivity contribution in [3.8, 4) is 0 Å². The summed E-state index contributed by atoms with van der Waals surface area (Å²) < 4.78 is 27.6. The fraction of sp³-hybridized carbons (Fsp3) is 0.350. The van der Waals surface area contributed by atoms with E-state index in [0.29, 0.717) is 17.3 Å². The molecule has 1 atom stereocenters. The molecular weight excluding hydrogens is 348 g/mol. The maximum atomic E-state index is 12.5. The van der Waals surface area contributed by atoms with Gasteiger partial charge in [0.1, 0.15) is 0 Å². The average molecular weight is 372 g/mol. The summed E-state index contributed by atoms with van der Waals surface area (Å²) in [6.07, 6.45) is 2.90. The molecule has 5 nitrogen and oxygen atoms in total. The summed E-state index contributed by atoms with van der Waals surface area (Å²) >= 11 is 0. The van der Waals surface area contributed by atoms with Crippen molar-refractivity contribution >= 4 is 27.3 Å². The molecule has 0 aromatic heterocycles. The third-order valence-corrected chi connectivity index (χ3v) is 6.12. The first kappa shape index (κ1) is 18.5. The van der Waals surface area contributed by atoms with Gasteiger partial charge in [-0.05, 0) is 67.1 Å². The van der Waals surface area contributed by atoms with E-state index in [9.17, 15) is 13.2 Å². The van der Waals surface area contributed by atoms with Crippen LogP contribution in [-0.4, -0.2) is 14.3 Å². The summed E-state index contributed by atoms with van der Waals surface area (Å²) in [7, 11) is -3.64. The molecule has 138 valence electrons. The number of sulfonamides is 1. The van der Waals surface area contributed by atoms with Crippen molar-refractivity contribution in [2.45, 2.75) is 43.9 Å². The van der Waals surface area contributed by atoms with E-state index in [2.05, 4.69) is 23.9 Å². The first-order chi connectivity index (χ1) is 12.4. The van der Waals surface area contributed by atoms with Gasteiger partial charge in [-0.2, -0.15) is 0 Å². The van der Waals surface area contributed by atoms with E-state index in [1.165, 1.54) is 0 Å². The zero-order chi connectivity index (χ0) is 18.7. The quantitative estimate of drug-likeness (QED) is 0.759. The molecule has 0 saturated heterocycles. The van der Waals surface area contributed by atoms with E-state index in [0.717, 1.165) is 24.8 Å². The van der Waals surface area contributed by atoms with E-state index in [1.54, 1.807) is 36.4 Å². The second-order valence-electron chi connectivity index (χ2n) is 6.82. The van der Waals surface area contributed by atoms with Gasteiger partial charge in [0.15, 0.2) is 0 Å². The predicted molar refractivity (Wildman–Crippen MR) is 104 cm³/mol. The lowest BCUT2D eigenvalue weighted by molar-refractivity contribution is -0.117. The standard InChI is InChI=1S/C20H24N2O3S/c1-3-14(2)15-6-12-19(13-7-15)26(24,25)22-18-10-8-17(9-11-18)21-20(23)16-4-5-16/h6-14,16,22H,3-5H2,1-2H3,(H,21,23)/t14-/m0/s1. The minimum Gasteiger partial charge on any atom is -0.326 e. The molecule has 2 N–H and O–H groups in total. The number of carbonyl (C=O) groups excluding carboxylic acids is 1. The first-order valence-electron chi connectivity index (χ1n) is 8.92. The van der Waals surface area contributed by atoms with Gasteiger partial charge in [-0.1, -0.05) is 26.0 Å². The van der Waals surface area contributed by atoms with Gasteiger partial charge in [-0.15, -0.1) is 0 Å². The topological polar surface area (TPSA) is 75.3 Å². The maximum absolute atomic E-state index is 12.5. The van der Waals surface area contributed by atoms with Gasteiger partial charge < -0.3 is 5.32 Å². The molecule has 0 aliphatic heterocycles. The van der Waals surface area contributed by atoms with E-state index < -0.39 is 10.0 Å². The second kappa shape index (κ2) is 7.50. The molecular formula is C20H24N2O3S. The normalized spacial score (nSPS) is 15.3. The van der Waals surface area contributed by atoms with Crippen LogP contribution in [-0.2, 0) is 14.8 Å².